The maximum atomic E-state index is 13.3. The maximum absolute atomic E-state index is 13.3. The molecule has 0 radical (unpaired) electrons. The lowest BCUT2D eigenvalue weighted by Crippen LogP contribution is -2.49. The zero-order chi connectivity index (χ0) is 21.1. The second-order valence-electron chi connectivity index (χ2n) is 8.92. The number of benzene rings is 1. The van der Waals surface area contributed by atoms with Crippen molar-refractivity contribution in [3.63, 3.8) is 0 Å². The third-order valence-electron chi connectivity index (χ3n) is 7.07. The van der Waals surface area contributed by atoms with E-state index in [2.05, 4.69) is 0 Å². The molecule has 1 aromatic rings. The fourth-order valence-corrected chi connectivity index (χ4v) is 5.73. The van der Waals surface area contributed by atoms with Crippen LogP contribution < -0.4 is 0 Å². The average Bonchev–Trinajstić information content (AvgIpc) is 3.22. The molecule has 6 heteroatoms. The van der Waals surface area contributed by atoms with E-state index in [0.717, 1.165) is 37.7 Å². The summed E-state index contributed by atoms with van der Waals surface area (Å²) in [5.74, 6) is -0.130. The van der Waals surface area contributed by atoms with Gasteiger partial charge < -0.3 is 14.5 Å². The second-order valence-corrected chi connectivity index (χ2v) is 8.92. The van der Waals surface area contributed by atoms with Gasteiger partial charge in [-0.15, -0.1) is 0 Å². The Bertz CT molecular complexity index is 796. The Hall–Kier alpha value is -2.37. The molecule has 0 saturated carbocycles. The third-order valence-corrected chi connectivity index (χ3v) is 7.07. The number of hydrogen-bond acceptors (Lipinski definition) is 4. The normalized spacial score (nSPS) is 28.5. The zero-order valence-corrected chi connectivity index (χ0v) is 17.8. The fourth-order valence-electron chi connectivity index (χ4n) is 5.73. The van der Waals surface area contributed by atoms with Crippen LogP contribution in [0.3, 0.4) is 0 Å². The largest absolute Gasteiger partial charge is 0.465 e. The highest BCUT2D eigenvalue weighted by atomic mass is 16.5. The molecule has 0 aromatic heterocycles. The van der Waals surface area contributed by atoms with Crippen LogP contribution in [0.5, 0.6) is 0 Å². The third kappa shape index (κ3) is 3.84. The molecule has 0 aliphatic carbocycles. The minimum absolute atomic E-state index is 0.0167. The van der Waals surface area contributed by atoms with Crippen molar-refractivity contribution in [2.75, 3.05) is 19.7 Å². The Kier molecular flexibility index (Phi) is 6.11. The number of carbonyl (C=O) groups excluding carboxylic acids is 3. The Morgan fingerprint density at radius 1 is 1.13 bits per heavy atom. The van der Waals surface area contributed by atoms with E-state index in [-0.39, 0.29) is 36.4 Å². The highest BCUT2D eigenvalue weighted by molar-refractivity contribution is 5.88. The van der Waals surface area contributed by atoms with E-state index in [4.69, 9.17) is 4.74 Å². The molecule has 30 heavy (non-hydrogen) atoms. The van der Waals surface area contributed by atoms with Crippen LogP contribution in [0.1, 0.15) is 57.4 Å². The molecule has 2 bridgehead atoms. The van der Waals surface area contributed by atoms with Crippen molar-refractivity contribution >= 4 is 17.8 Å². The second kappa shape index (κ2) is 8.78. The summed E-state index contributed by atoms with van der Waals surface area (Å²) < 4.78 is 5.52. The van der Waals surface area contributed by atoms with Crippen molar-refractivity contribution in [2.24, 2.45) is 5.41 Å². The molecule has 3 aliphatic heterocycles. The quantitative estimate of drug-likeness (QED) is 0.674. The highest BCUT2D eigenvalue weighted by Gasteiger charge is 2.61. The maximum Gasteiger partial charge on any atom is 0.314 e. The van der Waals surface area contributed by atoms with E-state index in [1.807, 2.05) is 42.2 Å². The van der Waals surface area contributed by atoms with Crippen LogP contribution in [-0.4, -0.2) is 59.4 Å². The summed E-state index contributed by atoms with van der Waals surface area (Å²) in [6.07, 6.45) is 6.38. The van der Waals surface area contributed by atoms with Crippen LogP contribution in [0.4, 0.5) is 0 Å². The fraction of sp³-hybridized carbons (Fsp3) is 0.625. The molecule has 3 saturated heterocycles. The zero-order valence-electron chi connectivity index (χ0n) is 17.8. The van der Waals surface area contributed by atoms with Crippen LogP contribution in [0.15, 0.2) is 30.3 Å². The molecule has 3 atom stereocenters. The van der Waals surface area contributed by atoms with Crippen LogP contribution in [0.25, 0.3) is 0 Å². The van der Waals surface area contributed by atoms with Crippen molar-refractivity contribution in [1.82, 2.24) is 9.80 Å². The molecule has 0 unspecified atom stereocenters. The number of rotatable bonds is 6. The van der Waals surface area contributed by atoms with Gasteiger partial charge in [-0.2, -0.15) is 0 Å². The van der Waals surface area contributed by atoms with Gasteiger partial charge >= 0.3 is 5.97 Å². The average molecular weight is 413 g/mol. The molecule has 3 aliphatic rings. The number of ether oxygens (including phenoxy) is 1. The number of hydrogen-bond donors (Lipinski definition) is 0. The van der Waals surface area contributed by atoms with Gasteiger partial charge in [-0.3, -0.25) is 14.4 Å². The summed E-state index contributed by atoms with van der Waals surface area (Å²) in [7, 11) is 0. The predicted octanol–water partition coefficient (Wildman–Crippen LogP) is 2.94. The lowest BCUT2D eigenvalue weighted by molar-refractivity contribution is -0.158. The van der Waals surface area contributed by atoms with Crippen molar-refractivity contribution < 1.29 is 19.1 Å². The molecule has 4 rings (SSSR count). The smallest absolute Gasteiger partial charge is 0.314 e. The van der Waals surface area contributed by atoms with Gasteiger partial charge in [-0.25, -0.2) is 0 Å². The van der Waals surface area contributed by atoms with Crippen molar-refractivity contribution in [3.8, 4) is 0 Å². The minimum Gasteiger partial charge on any atom is -0.465 e. The summed E-state index contributed by atoms with van der Waals surface area (Å²) >= 11 is 0. The SMILES string of the molecule is CCOC(=O)[C@@]1(Cc2ccccc2)C[C@H]2CC[C@@H]1N2C(=O)CN1CCCCCC1=O. The van der Waals surface area contributed by atoms with Gasteiger partial charge in [-0.1, -0.05) is 36.8 Å². The molecular weight excluding hydrogens is 380 g/mol. The van der Waals surface area contributed by atoms with E-state index in [1.165, 1.54) is 0 Å². The molecule has 0 N–H and O–H groups in total. The van der Waals surface area contributed by atoms with Crippen molar-refractivity contribution in [2.45, 2.75) is 70.4 Å². The minimum atomic E-state index is -0.696. The Balaban J connectivity index is 1.56. The van der Waals surface area contributed by atoms with E-state index < -0.39 is 5.41 Å². The van der Waals surface area contributed by atoms with Gasteiger partial charge in [0.1, 0.15) is 0 Å². The molecule has 0 spiro atoms. The van der Waals surface area contributed by atoms with Crippen LogP contribution >= 0.6 is 0 Å². The van der Waals surface area contributed by atoms with E-state index >= 15 is 0 Å². The molecule has 1 aromatic carbocycles. The summed E-state index contributed by atoms with van der Waals surface area (Å²) in [4.78, 5) is 42.6. The predicted molar refractivity (Wildman–Crippen MR) is 113 cm³/mol. The van der Waals surface area contributed by atoms with E-state index in [9.17, 15) is 14.4 Å². The Morgan fingerprint density at radius 3 is 2.70 bits per heavy atom. The van der Waals surface area contributed by atoms with E-state index in [1.54, 1.807) is 4.90 Å². The number of nitrogens with zero attached hydrogens (tertiary/aromatic N) is 2. The molecule has 3 fully saturated rings. The highest BCUT2D eigenvalue weighted by Crippen LogP contribution is 2.52. The molecule has 2 amide bonds. The summed E-state index contributed by atoms with van der Waals surface area (Å²) in [6, 6.07) is 9.90. The summed E-state index contributed by atoms with van der Waals surface area (Å²) in [5, 5.41) is 0. The number of likely N-dealkylation sites (tertiary alicyclic amines) is 1. The monoisotopic (exact) mass is 412 g/mol. The number of fused-ring (bicyclic) bond motifs is 2. The summed E-state index contributed by atoms with van der Waals surface area (Å²) in [6.45, 7) is 2.95. The van der Waals surface area contributed by atoms with Crippen molar-refractivity contribution in [1.29, 1.82) is 0 Å². The first-order valence-corrected chi connectivity index (χ1v) is 11.4. The van der Waals surface area contributed by atoms with Gasteiger partial charge in [0.15, 0.2) is 0 Å². The molecular formula is C24H32N2O4. The first-order valence-electron chi connectivity index (χ1n) is 11.4. The van der Waals surface area contributed by atoms with Gasteiger partial charge in [-0.05, 0) is 51.0 Å². The van der Waals surface area contributed by atoms with Gasteiger partial charge in [0.2, 0.25) is 11.8 Å². The molecule has 3 heterocycles. The lowest BCUT2D eigenvalue weighted by Gasteiger charge is -2.35. The van der Waals surface area contributed by atoms with Gasteiger partial charge in [0.05, 0.1) is 18.6 Å². The number of amides is 2. The Morgan fingerprint density at radius 2 is 1.93 bits per heavy atom. The topological polar surface area (TPSA) is 66.9 Å². The summed E-state index contributed by atoms with van der Waals surface area (Å²) in [5.41, 5.74) is 0.395. The first-order chi connectivity index (χ1) is 14.5. The molecule has 6 nitrogen and oxygen atoms in total. The number of carbonyl (C=O) groups is 3. The Labute approximate surface area is 178 Å². The number of esters is 1. The van der Waals surface area contributed by atoms with Crippen molar-refractivity contribution in [3.05, 3.63) is 35.9 Å². The first kappa shape index (κ1) is 20.9. The van der Waals surface area contributed by atoms with Crippen LogP contribution in [0.2, 0.25) is 0 Å². The van der Waals surface area contributed by atoms with Gasteiger partial charge in [0, 0.05) is 25.0 Å². The van der Waals surface area contributed by atoms with Gasteiger partial charge in [0.25, 0.3) is 0 Å². The standard InChI is InChI=1S/C24H32N2O4/c1-2-30-23(29)24(15-18-9-5-3-6-10-18)16-19-12-13-20(24)26(19)22(28)17-25-14-8-4-7-11-21(25)27/h3,5-6,9-10,19-20H,2,4,7-8,11-17H2,1H3/t19-,20+,24+/m1/s1. The van der Waals surface area contributed by atoms with E-state index in [0.29, 0.717) is 32.4 Å². The van der Waals surface area contributed by atoms with Crippen LogP contribution in [0, 0.1) is 5.41 Å². The molecule has 162 valence electrons. The lowest BCUT2D eigenvalue weighted by atomic mass is 9.70. The van der Waals surface area contributed by atoms with Crippen LogP contribution in [-0.2, 0) is 25.5 Å².